The van der Waals surface area contributed by atoms with Crippen molar-refractivity contribution in [2.24, 2.45) is 0 Å². The summed E-state index contributed by atoms with van der Waals surface area (Å²) < 4.78 is 16.2. The zero-order chi connectivity index (χ0) is 18.9. The Morgan fingerprint density at radius 2 is 1.86 bits per heavy atom. The van der Waals surface area contributed by atoms with Crippen LogP contribution in [0.15, 0.2) is 30.3 Å². The van der Waals surface area contributed by atoms with Crippen LogP contribution in [0, 0.1) is 0 Å². The summed E-state index contributed by atoms with van der Waals surface area (Å²) in [7, 11) is 0. The third-order valence-electron chi connectivity index (χ3n) is 5.33. The number of benzene rings is 1. The van der Waals surface area contributed by atoms with Crippen molar-refractivity contribution >= 4 is 11.7 Å². The first kappa shape index (κ1) is 17.1. The van der Waals surface area contributed by atoms with Crippen molar-refractivity contribution in [2.45, 2.75) is 18.8 Å². The lowest BCUT2D eigenvalue weighted by Crippen LogP contribution is -2.50. The van der Waals surface area contributed by atoms with Crippen molar-refractivity contribution < 1.29 is 19.0 Å². The van der Waals surface area contributed by atoms with Gasteiger partial charge in [-0.05, 0) is 37.1 Å². The smallest absolute Gasteiger partial charge is 0.260 e. The maximum absolute atomic E-state index is 12.5. The molecule has 2 fully saturated rings. The number of hydrogen-bond acceptors (Lipinski definition) is 7. The molecule has 5 rings (SSSR count). The third-order valence-corrected chi connectivity index (χ3v) is 5.33. The lowest BCUT2D eigenvalue weighted by Gasteiger charge is -2.35. The molecule has 0 spiro atoms. The minimum atomic E-state index is -0.0208. The van der Waals surface area contributed by atoms with Crippen LogP contribution < -0.4 is 19.1 Å². The van der Waals surface area contributed by atoms with E-state index in [0.717, 1.165) is 24.6 Å². The Balaban J connectivity index is 1.11. The van der Waals surface area contributed by atoms with Crippen molar-refractivity contribution in [3.05, 3.63) is 36.0 Å². The van der Waals surface area contributed by atoms with Gasteiger partial charge >= 0.3 is 0 Å². The van der Waals surface area contributed by atoms with E-state index in [9.17, 15) is 4.79 Å². The number of hydrogen-bond donors (Lipinski definition) is 0. The molecule has 1 saturated carbocycles. The number of carbonyl (C=O) groups is 1. The van der Waals surface area contributed by atoms with Crippen LogP contribution in [0.25, 0.3) is 0 Å². The second-order valence-corrected chi connectivity index (χ2v) is 7.26. The molecule has 1 amide bonds. The van der Waals surface area contributed by atoms with Gasteiger partial charge in [-0.1, -0.05) is 0 Å². The van der Waals surface area contributed by atoms with Crippen LogP contribution in [-0.2, 0) is 4.79 Å². The van der Waals surface area contributed by atoms with Crippen LogP contribution in [0.1, 0.15) is 24.5 Å². The van der Waals surface area contributed by atoms with Crippen LogP contribution in [0.4, 0.5) is 5.82 Å². The first-order valence-corrected chi connectivity index (χ1v) is 9.65. The largest absolute Gasteiger partial charge is 0.484 e. The van der Waals surface area contributed by atoms with Gasteiger partial charge in [-0.25, -0.2) is 0 Å². The molecule has 0 atom stereocenters. The Kier molecular flexibility index (Phi) is 4.38. The summed E-state index contributed by atoms with van der Waals surface area (Å²) in [5, 5.41) is 8.71. The fourth-order valence-electron chi connectivity index (χ4n) is 3.49. The molecule has 0 unspecified atom stereocenters. The maximum atomic E-state index is 12.5. The molecule has 2 aromatic rings. The topological polar surface area (TPSA) is 77.0 Å². The number of nitrogens with zero attached hydrogens (tertiary/aromatic N) is 4. The van der Waals surface area contributed by atoms with E-state index in [1.165, 1.54) is 12.8 Å². The highest BCUT2D eigenvalue weighted by Crippen LogP contribution is 2.38. The van der Waals surface area contributed by atoms with Gasteiger partial charge in [-0.15, -0.1) is 5.10 Å². The SMILES string of the molecule is O=C(COc1ccc2c(c1)OCO2)N1CCN(c2ccc(C3CC3)nn2)CC1. The number of carbonyl (C=O) groups excluding carboxylic acids is 1. The molecule has 0 N–H and O–H groups in total. The Morgan fingerprint density at radius 3 is 2.61 bits per heavy atom. The number of fused-ring (bicyclic) bond motifs is 1. The second-order valence-electron chi connectivity index (χ2n) is 7.26. The Morgan fingerprint density at radius 1 is 1.04 bits per heavy atom. The minimum absolute atomic E-state index is 0.00946. The lowest BCUT2D eigenvalue weighted by molar-refractivity contribution is -0.133. The van der Waals surface area contributed by atoms with E-state index in [2.05, 4.69) is 21.2 Å². The summed E-state index contributed by atoms with van der Waals surface area (Å²) in [6.45, 7) is 3.01. The van der Waals surface area contributed by atoms with E-state index >= 15 is 0 Å². The van der Waals surface area contributed by atoms with Crippen LogP contribution in [0.2, 0.25) is 0 Å². The summed E-state index contributed by atoms with van der Waals surface area (Å²) in [6, 6.07) is 9.44. The molecular weight excluding hydrogens is 360 g/mol. The number of anilines is 1. The first-order chi connectivity index (χ1) is 13.8. The van der Waals surface area contributed by atoms with Crippen LogP contribution in [0.3, 0.4) is 0 Å². The first-order valence-electron chi connectivity index (χ1n) is 9.65. The third kappa shape index (κ3) is 3.54. The summed E-state index contributed by atoms with van der Waals surface area (Å²) in [4.78, 5) is 16.5. The van der Waals surface area contributed by atoms with E-state index < -0.39 is 0 Å². The minimum Gasteiger partial charge on any atom is -0.484 e. The molecule has 8 heteroatoms. The van der Waals surface area contributed by atoms with Crippen molar-refractivity contribution in [3.8, 4) is 17.2 Å². The number of ether oxygens (including phenoxy) is 3. The molecule has 146 valence electrons. The monoisotopic (exact) mass is 382 g/mol. The van der Waals surface area contributed by atoms with Gasteiger partial charge in [0.2, 0.25) is 6.79 Å². The summed E-state index contributed by atoms with van der Waals surface area (Å²) in [5.74, 6) is 3.42. The fourth-order valence-corrected chi connectivity index (χ4v) is 3.49. The number of amides is 1. The number of aromatic nitrogens is 2. The van der Waals surface area contributed by atoms with Crippen LogP contribution >= 0.6 is 0 Å². The highest BCUT2D eigenvalue weighted by atomic mass is 16.7. The van der Waals surface area contributed by atoms with Gasteiger partial charge in [0, 0.05) is 38.2 Å². The normalized spacial score (nSPS) is 18.3. The molecule has 3 aliphatic rings. The standard InChI is InChI=1S/C20H22N4O4/c25-20(12-26-15-3-5-17-18(11-15)28-13-27-17)24-9-7-23(8-10-24)19-6-4-16(21-22-19)14-1-2-14/h3-6,11,14H,1-2,7-10,12-13H2. The van der Waals surface area contributed by atoms with E-state index in [0.29, 0.717) is 36.3 Å². The zero-order valence-corrected chi connectivity index (χ0v) is 15.5. The van der Waals surface area contributed by atoms with E-state index in [1.807, 2.05) is 11.0 Å². The zero-order valence-electron chi connectivity index (χ0n) is 15.5. The van der Waals surface area contributed by atoms with Crippen molar-refractivity contribution in [1.29, 1.82) is 0 Å². The molecule has 1 saturated heterocycles. The lowest BCUT2D eigenvalue weighted by atomic mass is 10.2. The van der Waals surface area contributed by atoms with Crippen molar-refractivity contribution in [2.75, 3.05) is 44.5 Å². The van der Waals surface area contributed by atoms with Crippen LogP contribution in [-0.4, -0.2) is 60.6 Å². The van der Waals surface area contributed by atoms with Gasteiger partial charge in [0.1, 0.15) is 5.75 Å². The van der Waals surface area contributed by atoms with Crippen molar-refractivity contribution in [1.82, 2.24) is 15.1 Å². The summed E-state index contributed by atoms with van der Waals surface area (Å²) in [5.41, 5.74) is 1.10. The molecule has 0 radical (unpaired) electrons. The molecule has 1 aromatic carbocycles. The predicted molar refractivity (Wildman–Crippen MR) is 101 cm³/mol. The summed E-state index contributed by atoms with van der Waals surface area (Å²) >= 11 is 0. The Bertz CT molecular complexity index is 861. The quantitative estimate of drug-likeness (QED) is 0.780. The van der Waals surface area contributed by atoms with Crippen molar-refractivity contribution in [3.63, 3.8) is 0 Å². The molecule has 8 nitrogen and oxygen atoms in total. The maximum Gasteiger partial charge on any atom is 0.260 e. The molecule has 1 aromatic heterocycles. The van der Waals surface area contributed by atoms with Gasteiger partial charge < -0.3 is 24.0 Å². The molecular formula is C20H22N4O4. The van der Waals surface area contributed by atoms with E-state index in [-0.39, 0.29) is 19.3 Å². The molecule has 0 bridgehead atoms. The molecule has 2 aliphatic heterocycles. The highest BCUT2D eigenvalue weighted by molar-refractivity contribution is 5.78. The predicted octanol–water partition coefficient (Wildman–Crippen LogP) is 1.81. The highest BCUT2D eigenvalue weighted by Gasteiger charge is 2.26. The summed E-state index contributed by atoms with van der Waals surface area (Å²) in [6.07, 6.45) is 2.45. The Hall–Kier alpha value is -3.03. The molecule has 1 aliphatic carbocycles. The van der Waals surface area contributed by atoms with Gasteiger partial charge in [0.15, 0.2) is 23.9 Å². The number of piperazine rings is 1. The second kappa shape index (κ2) is 7.18. The van der Waals surface area contributed by atoms with E-state index in [4.69, 9.17) is 14.2 Å². The van der Waals surface area contributed by atoms with Crippen LogP contribution in [0.5, 0.6) is 17.2 Å². The van der Waals surface area contributed by atoms with Gasteiger partial charge in [0.05, 0.1) is 5.69 Å². The molecule has 3 heterocycles. The Labute approximate surface area is 163 Å². The van der Waals surface area contributed by atoms with Gasteiger partial charge in [0.25, 0.3) is 5.91 Å². The average molecular weight is 382 g/mol. The van der Waals surface area contributed by atoms with Gasteiger partial charge in [-0.2, -0.15) is 5.10 Å². The number of rotatable bonds is 5. The van der Waals surface area contributed by atoms with Gasteiger partial charge in [-0.3, -0.25) is 4.79 Å². The van der Waals surface area contributed by atoms with E-state index in [1.54, 1.807) is 18.2 Å². The average Bonchev–Trinajstić information content (AvgIpc) is 3.49. The molecule has 28 heavy (non-hydrogen) atoms. The fraction of sp³-hybridized carbons (Fsp3) is 0.450.